The number of hydrogen-bond donors (Lipinski definition) is 1. The molecule has 0 radical (unpaired) electrons. The molecule has 1 fully saturated rings. The number of aliphatic hydroxyl groups is 1. The van der Waals surface area contributed by atoms with Crippen molar-refractivity contribution in [3.63, 3.8) is 0 Å². The first kappa shape index (κ1) is 9.54. The quantitative estimate of drug-likeness (QED) is 0.608. The third-order valence-electron chi connectivity index (χ3n) is 3.01. The Labute approximate surface area is 74.2 Å². The Balaban J connectivity index is 2.46. The normalized spacial score (nSPS) is 36.4. The van der Waals surface area contributed by atoms with Gasteiger partial charge >= 0.3 is 0 Å². The maximum absolute atomic E-state index is 9.62. The van der Waals surface area contributed by atoms with Crippen LogP contribution in [0.1, 0.15) is 39.5 Å². The van der Waals surface area contributed by atoms with Crippen molar-refractivity contribution in [3.8, 4) is 6.07 Å². The fourth-order valence-corrected chi connectivity index (χ4v) is 1.90. The zero-order chi connectivity index (χ0) is 9.19. The van der Waals surface area contributed by atoms with E-state index in [1.807, 2.05) is 6.07 Å². The third kappa shape index (κ3) is 1.98. The van der Waals surface area contributed by atoms with Crippen LogP contribution in [0.3, 0.4) is 0 Å². The molecule has 0 aliphatic heterocycles. The molecule has 0 aromatic carbocycles. The molecule has 1 saturated carbocycles. The molecule has 12 heavy (non-hydrogen) atoms. The standard InChI is InChI=1S/C10H17NO/c1-8(2)9-3-5-10(12,7-11)6-4-9/h8-9,12H,3-6H2,1-2H3. The Morgan fingerprint density at radius 3 is 2.25 bits per heavy atom. The lowest BCUT2D eigenvalue weighted by Crippen LogP contribution is -2.33. The highest BCUT2D eigenvalue weighted by molar-refractivity contribution is 5.02. The molecule has 0 saturated heterocycles. The molecule has 2 nitrogen and oxygen atoms in total. The van der Waals surface area contributed by atoms with Crippen molar-refractivity contribution in [1.82, 2.24) is 0 Å². The second-order valence-electron chi connectivity index (χ2n) is 4.22. The van der Waals surface area contributed by atoms with E-state index in [0.717, 1.165) is 12.8 Å². The first-order valence-corrected chi connectivity index (χ1v) is 4.71. The predicted octanol–water partition coefficient (Wildman–Crippen LogP) is 2.09. The minimum atomic E-state index is -1.01. The molecule has 0 unspecified atom stereocenters. The summed E-state index contributed by atoms with van der Waals surface area (Å²) in [5.74, 6) is 1.40. The van der Waals surface area contributed by atoms with E-state index in [2.05, 4.69) is 13.8 Å². The third-order valence-corrected chi connectivity index (χ3v) is 3.01. The fourth-order valence-electron chi connectivity index (χ4n) is 1.90. The van der Waals surface area contributed by atoms with Gasteiger partial charge in [-0.2, -0.15) is 5.26 Å². The van der Waals surface area contributed by atoms with E-state index >= 15 is 0 Å². The minimum Gasteiger partial charge on any atom is -0.375 e. The van der Waals surface area contributed by atoms with E-state index in [-0.39, 0.29) is 0 Å². The van der Waals surface area contributed by atoms with Gasteiger partial charge in [0.15, 0.2) is 5.60 Å². The molecule has 68 valence electrons. The minimum absolute atomic E-state index is 0.659. The molecule has 0 aromatic heterocycles. The van der Waals surface area contributed by atoms with Crippen LogP contribution in [-0.4, -0.2) is 10.7 Å². The van der Waals surface area contributed by atoms with Crippen LogP contribution in [0, 0.1) is 23.2 Å². The van der Waals surface area contributed by atoms with Crippen LogP contribution in [0.2, 0.25) is 0 Å². The highest BCUT2D eigenvalue weighted by atomic mass is 16.3. The van der Waals surface area contributed by atoms with Gasteiger partial charge in [0.25, 0.3) is 0 Å². The van der Waals surface area contributed by atoms with E-state index in [1.165, 1.54) is 0 Å². The van der Waals surface area contributed by atoms with Gasteiger partial charge in [0, 0.05) is 0 Å². The summed E-state index contributed by atoms with van der Waals surface area (Å²) < 4.78 is 0. The lowest BCUT2D eigenvalue weighted by molar-refractivity contribution is 0.0343. The molecule has 0 amide bonds. The Bertz CT molecular complexity index is 185. The molecule has 0 bridgehead atoms. The van der Waals surface area contributed by atoms with Crippen molar-refractivity contribution in [2.24, 2.45) is 11.8 Å². The molecule has 2 heteroatoms. The molecular weight excluding hydrogens is 150 g/mol. The Hall–Kier alpha value is -0.550. The summed E-state index contributed by atoms with van der Waals surface area (Å²) in [6.45, 7) is 4.42. The fraction of sp³-hybridized carbons (Fsp3) is 0.900. The highest BCUT2D eigenvalue weighted by Gasteiger charge is 2.33. The van der Waals surface area contributed by atoms with Crippen molar-refractivity contribution in [1.29, 1.82) is 5.26 Å². The summed E-state index contributed by atoms with van der Waals surface area (Å²) in [4.78, 5) is 0. The van der Waals surface area contributed by atoms with Crippen molar-refractivity contribution in [3.05, 3.63) is 0 Å². The maximum atomic E-state index is 9.62. The molecule has 1 N–H and O–H groups in total. The van der Waals surface area contributed by atoms with Gasteiger partial charge in [-0.05, 0) is 37.5 Å². The lowest BCUT2D eigenvalue weighted by Gasteiger charge is -2.32. The molecule has 1 rings (SSSR count). The van der Waals surface area contributed by atoms with Crippen molar-refractivity contribution < 1.29 is 5.11 Å². The molecular formula is C10H17NO. The molecule has 0 aromatic rings. The summed E-state index contributed by atoms with van der Waals surface area (Å²) >= 11 is 0. The zero-order valence-electron chi connectivity index (χ0n) is 7.88. The molecule has 0 spiro atoms. The Morgan fingerprint density at radius 1 is 1.42 bits per heavy atom. The van der Waals surface area contributed by atoms with Crippen LogP contribution in [0.4, 0.5) is 0 Å². The van der Waals surface area contributed by atoms with Crippen LogP contribution >= 0.6 is 0 Å². The van der Waals surface area contributed by atoms with Gasteiger partial charge in [0.2, 0.25) is 0 Å². The van der Waals surface area contributed by atoms with E-state index in [0.29, 0.717) is 24.7 Å². The zero-order valence-corrected chi connectivity index (χ0v) is 7.88. The second-order valence-corrected chi connectivity index (χ2v) is 4.22. The van der Waals surface area contributed by atoms with Gasteiger partial charge < -0.3 is 5.11 Å². The van der Waals surface area contributed by atoms with E-state index in [4.69, 9.17) is 5.26 Å². The summed E-state index contributed by atoms with van der Waals surface area (Å²) in [6, 6.07) is 2.00. The van der Waals surface area contributed by atoms with Crippen LogP contribution < -0.4 is 0 Å². The SMILES string of the molecule is CC(C)C1CCC(O)(C#N)CC1. The van der Waals surface area contributed by atoms with Crippen molar-refractivity contribution in [2.45, 2.75) is 45.1 Å². The van der Waals surface area contributed by atoms with Gasteiger partial charge in [-0.15, -0.1) is 0 Å². The first-order valence-electron chi connectivity index (χ1n) is 4.71. The highest BCUT2D eigenvalue weighted by Crippen LogP contribution is 2.35. The second kappa shape index (κ2) is 3.45. The predicted molar refractivity (Wildman–Crippen MR) is 47.4 cm³/mol. The lowest BCUT2D eigenvalue weighted by atomic mass is 9.75. The van der Waals surface area contributed by atoms with Crippen LogP contribution in [0.25, 0.3) is 0 Å². The van der Waals surface area contributed by atoms with Crippen LogP contribution in [0.5, 0.6) is 0 Å². The van der Waals surface area contributed by atoms with E-state index < -0.39 is 5.60 Å². The number of nitrogens with zero attached hydrogens (tertiary/aromatic N) is 1. The Kier molecular flexibility index (Phi) is 2.74. The molecule has 1 aliphatic rings. The maximum Gasteiger partial charge on any atom is 0.151 e. The first-order chi connectivity index (χ1) is 5.57. The van der Waals surface area contributed by atoms with Crippen molar-refractivity contribution in [2.75, 3.05) is 0 Å². The molecule has 0 heterocycles. The van der Waals surface area contributed by atoms with E-state index in [9.17, 15) is 5.11 Å². The molecule has 1 aliphatic carbocycles. The van der Waals surface area contributed by atoms with Gasteiger partial charge in [-0.3, -0.25) is 0 Å². The van der Waals surface area contributed by atoms with Gasteiger partial charge in [-0.25, -0.2) is 0 Å². The summed E-state index contributed by atoms with van der Waals surface area (Å²) in [5.41, 5.74) is -1.01. The smallest absolute Gasteiger partial charge is 0.151 e. The monoisotopic (exact) mass is 167 g/mol. The average molecular weight is 167 g/mol. The largest absolute Gasteiger partial charge is 0.375 e. The van der Waals surface area contributed by atoms with Gasteiger partial charge in [0.1, 0.15) is 0 Å². The Morgan fingerprint density at radius 2 is 1.92 bits per heavy atom. The van der Waals surface area contributed by atoms with Gasteiger partial charge in [-0.1, -0.05) is 13.8 Å². The topological polar surface area (TPSA) is 44.0 Å². The average Bonchev–Trinajstić information content (AvgIpc) is 2.05. The summed E-state index contributed by atoms with van der Waals surface area (Å²) in [6.07, 6.45) is 3.32. The summed E-state index contributed by atoms with van der Waals surface area (Å²) in [5, 5.41) is 18.3. The van der Waals surface area contributed by atoms with Crippen LogP contribution in [0.15, 0.2) is 0 Å². The summed E-state index contributed by atoms with van der Waals surface area (Å²) in [7, 11) is 0. The number of rotatable bonds is 1. The van der Waals surface area contributed by atoms with Gasteiger partial charge in [0.05, 0.1) is 6.07 Å². The van der Waals surface area contributed by atoms with Crippen molar-refractivity contribution >= 4 is 0 Å². The van der Waals surface area contributed by atoms with E-state index in [1.54, 1.807) is 0 Å². The number of hydrogen-bond acceptors (Lipinski definition) is 2. The number of nitriles is 1. The van der Waals surface area contributed by atoms with Crippen LogP contribution in [-0.2, 0) is 0 Å². The molecule has 0 atom stereocenters.